The lowest BCUT2D eigenvalue weighted by Crippen LogP contribution is -2.41. The van der Waals surface area contributed by atoms with Crippen LogP contribution in [0.25, 0.3) is 0 Å². The third kappa shape index (κ3) is 4.00. The van der Waals surface area contributed by atoms with E-state index >= 15 is 0 Å². The molecule has 1 aliphatic rings. The van der Waals surface area contributed by atoms with Gasteiger partial charge in [-0.15, -0.1) is 0 Å². The number of aliphatic hydroxyl groups excluding tert-OH is 1. The Hall–Kier alpha value is -1.02. The fraction of sp³-hybridized carbons (Fsp3) is 0.571. The summed E-state index contributed by atoms with van der Waals surface area (Å²) in [5.41, 5.74) is 0.341. The van der Waals surface area contributed by atoms with Crippen molar-refractivity contribution in [3.8, 4) is 0 Å². The average Bonchev–Trinajstić information content (AvgIpc) is 3.28. The van der Waals surface area contributed by atoms with Gasteiger partial charge in [-0.2, -0.15) is 0 Å². The third-order valence-electron chi connectivity index (χ3n) is 3.86. The van der Waals surface area contributed by atoms with Gasteiger partial charge in [0.05, 0.1) is 6.61 Å². The van der Waals surface area contributed by atoms with E-state index in [-0.39, 0.29) is 24.1 Å². The number of aliphatic hydroxyl groups is 1. The van der Waals surface area contributed by atoms with Crippen LogP contribution in [0.4, 0.5) is 4.39 Å². The molecule has 0 radical (unpaired) electrons. The molecule has 2 N–H and O–H groups in total. The van der Waals surface area contributed by atoms with E-state index in [4.69, 9.17) is 5.11 Å². The molecule has 0 amide bonds. The Morgan fingerprint density at radius 3 is 2.67 bits per heavy atom. The number of halogens is 1. The number of nitrogens with zero attached hydrogens (tertiary/aromatic N) is 1. The molecule has 0 spiro atoms. The fourth-order valence-corrected chi connectivity index (χ4v) is 3.33. The van der Waals surface area contributed by atoms with Crippen LogP contribution < -0.4 is 4.72 Å². The monoisotopic (exact) mass is 316 g/mol. The SMILES string of the molecule is CC(CNS(=O)(=O)c1ccc(CO)cc1F)N(C)C1CC1. The summed E-state index contributed by atoms with van der Waals surface area (Å²) in [7, 11) is -1.92. The first-order valence-electron chi connectivity index (χ1n) is 6.96. The van der Waals surface area contributed by atoms with Crippen LogP contribution in [-0.2, 0) is 16.6 Å². The molecule has 1 aromatic carbocycles. The lowest BCUT2D eigenvalue weighted by atomic mass is 10.2. The van der Waals surface area contributed by atoms with Gasteiger partial charge in [-0.25, -0.2) is 17.5 Å². The maximum Gasteiger partial charge on any atom is 0.243 e. The second-order valence-electron chi connectivity index (χ2n) is 5.52. The first-order valence-corrected chi connectivity index (χ1v) is 8.44. The van der Waals surface area contributed by atoms with Gasteiger partial charge >= 0.3 is 0 Å². The summed E-state index contributed by atoms with van der Waals surface area (Å²) < 4.78 is 40.5. The Balaban J connectivity index is 2.04. The minimum Gasteiger partial charge on any atom is -0.392 e. The van der Waals surface area contributed by atoms with E-state index in [1.54, 1.807) is 0 Å². The van der Waals surface area contributed by atoms with Gasteiger partial charge in [0.2, 0.25) is 10.0 Å². The van der Waals surface area contributed by atoms with Crippen LogP contribution in [0.2, 0.25) is 0 Å². The zero-order valence-electron chi connectivity index (χ0n) is 12.2. The molecule has 118 valence electrons. The van der Waals surface area contributed by atoms with Crippen molar-refractivity contribution in [3.63, 3.8) is 0 Å². The maximum atomic E-state index is 13.8. The second-order valence-corrected chi connectivity index (χ2v) is 7.26. The van der Waals surface area contributed by atoms with Crippen LogP contribution in [-0.4, -0.2) is 44.1 Å². The molecular weight excluding hydrogens is 295 g/mol. The number of benzene rings is 1. The lowest BCUT2D eigenvalue weighted by Gasteiger charge is -2.24. The predicted molar refractivity (Wildman–Crippen MR) is 77.8 cm³/mol. The van der Waals surface area contributed by atoms with Crippen molar-refractivity contribution in [2.75, 3.05) is 13.6 Å². The number of hydrogen-bond donors (Lipinski definition) is 2. The summed E-state index contributed by atoms with van der Waals surface area (Å²) in [6.45, 7) is 1.84. The molecule has 1 aliphatic carbocycles. The van der Waals surface area contributed by atoms with Gasteiger partial charge in [-0.3, -0.25) is 4.90 Å². The van der Waals surface area contributed by atoms with Crippen LogP contribution >= 0.6 is 0 Å². The topological polar surface area (TPSA) is 69.6 Å². The van der Waals surface area contributed by atoms with Gasteiger partial charge in [-0.1, -0.05) is 6.07 Å². The van der Waals surface area contributed by atoms with Gasteiger partial charge in [0.15, 0.2) is 0 Å². The molecule has 1 atom stereocenters. The minimum atomic E-state index is -3.88. The number of nitrogens with one attached hydrogen (secondary N) is 1. The lowest BCUT2D eigenvalue weighted by molar-refractivity contribution is 0.248. The van der Waals surface area contributed by atoms with Gasteiger partial charge in [0.1, 0.15) is 10.7 Å². The summed E-state index contributed by atoms with van der Waals surface area (Å²) in [4.78, 5) is 1.74. The van der Waals surface area contributed by atoms with Gasteiger partial charge in [0.25, 0.3) is 0 Å². The summed E-state index contributed by atoms with van der Waals surface area (Å²) >= 11 is 0. The largest absolute Gasteiger partial charge is 0.392 e. The molecule has 0 saturated heterocycles. The molecule has 1 aromatic rings. The van der Waals surface area contributed by atoms with E-state index in [0.29, 0.717) is 11.6 Å². The first kappa shape index (κ1) is 16.4. The Morgan fingerprint density at radius 1 is 1.48 bits per heavy atom. The molecule has 0 bridgehead atoms. The van der Waals surface area contributed by atoms with E-state index < -0.39 is 15.8 Å². The Labute approximate surface area is 124 Å². The van der Waals surface area contributed by atoms with Crippen molar-refractivity contribution < 1.29 is 17.9 Å². The molecule has 21 heavy (non-hydrogen) atoms. The molecule has 1 unspecified atom stereocenters. The highest BCUT2D eigenvalue weighted by atomic mass is 32.2. The quantitative estimate of drug-likeness (QED) is 0.790. The van der Waals surface area contributed by atoms with Gasteiger partial charge < -0.3 is 5.11 Å². The van der Waals surface area contributed by atoms with Crippen molar-refractivity contribution in [2.45, 2.75) is 43.4 Å². The molecule has 1 fully saturated rings. The second kappa shape index (κ2) is 6.39. The number of sulfonamides is 1. The van der Waals surface area contributed by atoms with Crippen molar-refractivity contribution in [2.24, 2.45) is 0 Å². The Bertz CT molecular complexity index is 602. The molecule has 0 aliphatic heterocycles. The van der Waals surface area contributed by atoms with Gasteiger partial charge in [0, 0.05) is 18.6 Å². The standard InChI is InChI=1S/C14H21FN2O3S/c1-10(17(2)12-4-5-12)8-16-21(19,20)14-6-3-11(9-18)7-13(14)15/h3,6-7,10,12,16,18H,4-5,8-9H2,1-2H3. The Morgan fingerprint density at radius 2 is 2.14 bits per heavy atom. The Kier molecular flexibility index (Phi) is 4.98. The van der Waals surface area contributed by atoms with Crippen molar-refractivity contribution in [1.29, 1.82) is 0 Å². The maximum absolute atomic E-state index is 13.8. The number of likely N-dealkylation sites (N-methyl/N-ethyl adjacent to an activating group) is 1. The van der Waals surface area contributed by atoms with Crippen LogP contribution in [0.15, 0.2) is 23.1 Å². The normalized spacial score (nSPS) is 17.2. The highest BCUT2D eigenvalue weighted by Gasteiger charge is 2.30. The molecule has 1 saturated carbocycles. The van der Waals surface area contributed by atoms with Crippen LogP contribution in [0.1, 0.15) is 25.3 Å². The van der Waals surface area contributed by atoms with Crippen molar-refractivity contribution in [1.82, 2.24) is 9.62 Å². The van der Waals surface area contributed by atoms with E-state index in [1.165, 1.54) is 12.1 Å². The highest BCUT2D eigenvalue weighted by Crippen LogP contribution is 2.26. The van der Waals surface area contributed by atoms with E-state index in [9.17, 15) is 12.8 Å². The molecule has 7 heteroatoms. The van der Waals surface area contributed by atoms with E-state index in [0.717, 1.165) is 18.9 Å². The molecule has 0 heterocycles. The van der Waals surface area contributed by atoms with Crippen molar-refractivity contribution >= 4 is 10.0 Å². The smallest absolute Gasteiger partial charge is 0.243 e. The number of rotatable bonds is 7. The fourth-order valence-electron chi connectivity index (χ4n) is 2.15. The van der Waals surface area contributed by atoms with Crippen LogP contribution in [0.5, 0.6) is 0 Å². The van der Waals surface area contributed by atoms with Crippen LogP contribution in [0, 0.1) is 5.82 Å². The molecule has 5 nitrogen and oxygen atoms in total. The summed E-state index contributed by atoms with van der Waals surface area (Å²) in [6, 6.07) is 4.20. The predicted octanol–water partition coefficient (Wildman–Crippen LogP) is 1.08. The van der Waals surface area contributed by atoms with E-state index in [1.807, 2.05) is 14.0 Å². The van der Waals surface area contributed by atoms with E-state index in [2.05, 4.69) is 9.62 Å². The summed E-state index contributed by atoms with van der Waals surface area (Å²) in [6.07, 6.45) is 2.29. The van der Waals surface area contributed by atoms with Gasteiger partial charge in [-0.05, 0) is 44.5 Å². The average molecular weight is 316 g/mol. The molecule has 0 aromatic heterocycles. The summed E-state index contributed by atoms with van der Waals surface area (Å²) in [5, 5.41) is 8.91. The zero-order valence-corrected chi connectivity index (χ0v) is 13.0. The number of hydrogen-bond acceptors (Lipinski definition) is 4. The first-order chi connectivity index (χ1) is 9.85. The third-order valence-corrected chi connectivity index (χ3v) is 5.31. The molecular formula is C14H21FN2O3S. The summed E-state index contributed by atoms with van der Waals surface area (Å²) in [5.74, 6) is -0.850. The van der Waals surface area contributed by atoms with Crippen LogP contribution in [0.3, 0.4) is 0 Å². The zero-order chi connectivity index (χ0) is 15.6. The minimum absolute atomic E-state index is 0.0482. The highest BCUT2D eigenvalue weighted by molar-refractivity contribution is 7.89. The molecule has 2 rings (SSSR count). The van der Waals surface area contributed by atoms with Crippen molar-refractivity contribution in [3.05, 3.63) is 29.6 Å².